The number of hydrogen-bond donors (Lipinski definition) is 2. The second kappa shape index (κ2) is 7.22. The molecule has 1 amide bonds. The van der Waals surface area contributed by atoms with Crippen LogP contribution < -0.4 is 14.8 Å². The second-order valence-corrected chi connectivity index (χ2v) is 5.32. The summed E-state index contributed by atoms with van der Waals surface area (Å²) in [4.78, 5) is 12.4. The molecule has 2 N–H and O–H groups in total. The third-order valence-electron chi connectivity index (χ3n) is 3.69. The number of nitrogens with one attached hydrogen (secondary N) is 2. The number of nitrogens with zero attached hydrogens (tertiary/aromatic N) is 1. The van der Waals surface area contributed by atoms with Crippen LogP contribution in [0.5, 0.6) is 11.5 Å². The van der Waals surface area contributed by atoms with E-state index in [1.54, 1.807) is 18.2 Å². The fourth-order valence-electron chi connectivity index (χ4n) is 2.33. The Kier molecular flexibility index (Phi) is 4.83. The number of carbonyl (C=O) groups is 1. The first-order valence-electron chi connectivity index (χ1n) is 7.56. The molecule has 0 aliphatic rings. The lowest BCUT2D eigenvalue weighted by molar-refractivity contribution is 0.102. The number of halogens is 2. The van der Waals surface area contributed by atoms with E-state index in [1.807, 2.05) is 0 Å². The molecular weight excluding hydrogens is 344 g/mol. The average Bonchev–Trinajstić information content (AvgIpc) is 3.14. The number of benzene rings is 2. The van der Waals surface area contributed by atoms with E-state index in [1.165, 1.54) is 26.4 Å². The van der Waals surface area contributed by atoms with Gasteiger partial charge in [0.1, 0.15) is 17.2 Å². The topological polar surface area (TPSA) is 76.2 Å². The van der Waals surface area contributed by atoms with Crippen LogP contribution in [0.4, 0.5) is 14.5 Å². The van der Waals surface area contributed by atoms with Crippen LogP contribution >= 0.6 is 0 Å². The van der Waals surface area contributed by atoms with Crippen molar-refractivity contribution in [2.24, 2.45) is 0 Å². The second-order valence-electron chi connectivity index (χ2n) is 5.32. The monoisotopic (exact) mass is 359 g/mol. The van der Waals surface area contributed by atoms with Crippen LogP contribution in [-0.2, 0) is 0 Å². The van der Waals surface area contributed by atoms with Crippen LogP contribution in [-0.4, -0.2) is 30.3 Å². The fourth-order valence-corrected chi connectivity index (χ4v) is 2.33. The molecule has 0 atom stereocenters. The Balaban J connectivity index is 1.81. The summed E-state index contributed by atoms with van der Waals surface area (Å²) in [5.41, 5.74) is 1.27. The van der Waals surface area contributed by atoms with Crippen LogP contribution in [0.15, 0.2) is 42.5 Å². The lowest BCUT2D eigenvalue weighted by atomic mass is 10.1. The zero-order valence-electron chi connectivity index (χ0n) is 14.0. The minimum atomic E-state index is -0.987. The highest BCUT2D eigenvalue weighted by Gasteiger charge is 2.15. The number of hydrogen-bond acceptors (Lipinski definition) is 4. The summed E-state index contributed by atoms with van der Waals surface area (Å²) >= 11 is 0. The Bertz CT molecular complexity index is 957. The first kappa shape index (κ1) is 17.4. The largest absolute Gasteiger partial charge is 0.497 e. The molecule has 0 aliphatic heterocycles. The molecule has 0 aliphatic carbocycles. The number of anilines is 1. The van der Waals surface area contributed by atoms with E-state index in [4.69, 9.17) is 9.47 Å². The van der Waals surface area contributed by atoms with Gasteiger partial charge in [0.05, 0.1) is 25.6 Å². The summed E-state index contributed by atoms with van der Waals surface area (Å²) < 4.78 is 36.7. The van der Waals surface area contributed by atoms with Gasteiger partial charge in [-0.1, -0.05) is 0 Å². The molecule has 26 heavy (non-hydrogen) atoms. The molecule has 1 heterocycles. The Morgan fingerprint density at radius 1 is 1.04 bits per heavy atom. The normalized spacial score (nSPS) is 10.5. The summed E-state index contributed by atoms with van der Waals surface area (Å²) in [6.45, 7) is 0. The molecule has 8 heteroatoms. The van der Waals surface area contributed by atoms with Gasteiger partial charge in [0.25, 0.3) is 5.91 Å². The lowest BCUT2D eigenvalue weighted by Gasteiger charge is -2.10. The van der Waals surface area contributed by atoms with Gasteiger partial charge in [-0.2, -0.15) is 5.10 Å². The molecule has 0 bridgehead atoms. The van der Waals surface area contributed by atoms with E-state index < -0.39 is 17.5 Å². The number of amides is 1. The number of methoxy groups -OCH3 is 2. The van der Waals surface area contributed by atoms with Gasteiger partial charge >= 0.3 is 0 Å². The maximum atomic E-state index is 13.3. The predicted molar refractivity (Wildman–Crippen MR) is 91.4 cm³/mol. The van der Waals surface area contributed by atoms with Crippen LogP contribution in [0.3, 0.4) is 0 Å². The highest BCUT2D eigenvalue weighted by Crippen LogP contribution is 2.29. The molecule has 6 nitrogen and oxygen atoms in total. The molecule has 0 unspecified atom stereocenters. The number of aromatic amines is 1. The molecule has 0 spiro atoms. The highest BCUT2D eigenvalue weighted by atomic mass is 19.2. The van der Waals surface area contributed by atoms with Crippen molar-refractivity contribution in [3.8, 4) is 22.8 Å². The quantitative estimate of drug-likeness (QED) is 0.729. The van der Waals surface area contributed by atoms with E-state index in [2.05, 4.69) is 15.5 Å². The Morgan fingerprint density at radius 2 is 1.85 bits per heavy atom. The third-order valence-corrected chi connectivity index (χ3v) is 3.69. The molecule has 134 valence electrons. The van der Waals surface area contributed by atoms with Gasteiger partial charge in [0.15, 0.2) is 11.6 Å². The van der Waals surface area contributed by atoms with Crippen molar-refractivity contribution in [2.45, 2.75) is 0 Å². The number of aromatic nitrogens is 2. The predicted octanol–water partition coefficient (Wildman–Crippen LogP) is 3.62. The van der Waals surface area contributed by atoms with Gasteiger partial charge in [-0.05, 0) is 36.4 Å². The first-order chi connectivity index (χ1) is 12.5. The molecule has 3 aromatic rings. The van der Waals surface area contributed by atoms with Crippen LogP contribution in [0.2, 0.25) is 0 Å². The number of ether oxygens (including phenoxy) is 2. The van der Waals surface area contributed by atoms with Crippen molar-refractivity contribution < 1.29 is 23.0 Å². The summed E-state index contributed by atoms with van der Waals surface area (Å²) in [5, 5.41) is 9.23. The maximum absolute atomic E-state index is 13.3. The molecule has 2 aromatic carbocycles. The zero-order valence-corrected chi connectivity index (χ0v) is 14.0. The van der Waals surface area contributed by atoms with Gasteiger partial charge in [-0.3, -0.25) is 9.89 Å². The SMILES string of the molecule is COc1ccc(NC(=O)c2cc(-c3ccc(F)c(F)c3)n[nH]2)c(OC)c1. The summed E-state index contributed by atoms with van der Waals surface area (Å²) in [5.74, 6) is -1.39. The zero-order chi connectivity index (χ0) is 18.7. The molecule has 0 saturated heterocycles. The molecule has 0 radical (unpaired) electrons. The van der Waals surface area contributed by atoms with Gasteiger partial charge in [-0.25, -0.2) is 8.78 Å². The number of H-pyrrole nitrogens is 1. The van der Waals surface area contributed by atoms with Crippen LogP contribution in [0.1, 0.15) is 10.5 Å². The van der Waals surface area contributed by atoms with Crippen molar-refractivity contribution in [3.63, 3.8) is 0 Å². The molecule has 0 fully saturated rings. The van der Waals surface area contributed by atoms with Crippen LogP contribution in [0, 0.1) is 11.6 Å². The van der Waals surface area contributed by atoms with Crippen molar-refractivity contribution in [1.29, 1.82) is 0 Å². The summed E-state index contributed by atoms with van der Waals surface area (Å²) in [6.07, 6.45) is 0. The van der Waals surface area contributed by atoms with E-state index in [9.17, 15) is 13.6 Å². The Morgan fingerprint density at radius 3 is 2.54 bits per heavy atom. The minimum absolute atomic E-state index is 0.155. The average molecular weight is 359 g/mol. The van der Waals surface area contributed by atoms with E-state index in [-0.39, 0.29) is 5.69 Å². The molecule has 0 saturated carbocycles. The highest BCUT2D eigenvalue weighted by molar-refractivity contribution is 6.04. The van der Waals surface area contributed by atoms with Crippen molar-refractivity contribution in [3.05, 3.63) is 59.8 Å². The maximum Gasteiger partial charge on any atom is 0.273 e. The number of carbonyl (C=O) groups excluding carboxylic acids is 1. The fraction of sp³-hybridized carbons (Fsp3) is 0.111. The van der Waals surface area contributed by atoms with Crippen molar-refractivity contribution >= 4 is 11.6 Å². The van der Waals surface area contributed by atoms with Gasteiger partial charge < -0.3 is 14.8 Å². The van der Waals surface area contributed by atoms with E-state index in [0.29, 0.717) is 28.4 Å². The molecule has 1 aromatic heterocycles. The Hall–Kier alpha value is -3.42. The van der Waals surface area contributed by atoms with Crippen molar-refractivity contribution in [1.82, 2.24) is 10.2 Å². The van der Waals surface area contributed by atoms with Gasteiger partial charge in [0, 0.05) is 11.6 Å². The smallest absolute Gasteiger partial charge is 0.273 e. The standard InChI is InChI=1S/C18H15F2N3O3/c1-25-11-4-6-14(17(8-11)26-2)21-18(24)16-9-15(22-23-16)10-3-5-12(19)13(20)7-10/h3-9H,1-2H3,(H,21,24)(H,22,23). The third kappa shape index (κ3) is 3.49. The molecule has 3 rings (SSSR count). The summed E-state index contributed by atoms with van der Waals surface area (Å²) in [6, 6.07) is 9.79. The van der Waals surface area contributed by atoms with Gasteiger partial charge in [-0.15, -0.1) is 0 Å². The number of rotatable bonds is 5. The van der Waals surface area contributed by atoms with E-state index in [0.717, 1.165) is 12.1 Å². The van der Waals surface area contributed by atoms with Crippen LogP contribution in [0.25, 0.3) is 11.3 Å². The van der Waals surface area contributed by atoms with E-state index >= 15 is 0 Å². The lowest BCUT2D eigenvalue weighted by Crippen LogP contribution is -2.13. The van der Waals surface area contributed by atoms with Gasteiger partial charge in [0.2, 0.25) is 0 Å². The first-order valence-corrected chi connectivity index (χ1v) is 7.56. The minimum Gasteiger partial charge on any atom is -0.497 e. The molecular formula is C18H15F2N3O3. The summed E-state index contributed by atoms with van der Waals surface area (Å²) in [7, 11) is 3.00. The van der Waals surface area contributed by atoms with Crippen molar-refractivity contribution in [2.75, 3.05) is 19.5 Å². The Labute approximate surface area is 147 Å².